The molecule has 0 unspecified atom stereocenters. The first-order chi connectivity index (χ1) is 14.1. The zero-order valence-corrected chi connectivity index (χ0v) is 16.7. The van der Waals surface area contributed by atoms with Gasteiger partial charge >= 0.3 is 0 Å². The standard InChI is InChI=1S/C22H25N5O2/c1-25-13-15-26(16-14-25)21-6-4-3-5-19(21)23-22(28)20-11-12-27(24-20)17-7-9-18(29-2)10-8-17/h3-12H,13-16H2,1-2H3,(H,23,28). The quantitative estimate of drug-likeness (QED) is 0.725. The van der Waals surface area contributed by atoms with Crippen molar-refractivity contribution in [2.75, 3.05) is 50.6 Å². The molecule has 0 aliphatic carbocycles. The molecule has 0 saturated carbocycles. The topological polar surface area (TPSA) is 62.6 Å². The molecule has 1 aromatic heterocycles. The molecule has 2 heterocycles. The lowest BCUT2D eigenvalue weighted by Crippen LogP contribution is -2.44. The van der Waals surface area contributed by atoms with Gasteiger partial charge in [0.25, 0.3) is 5.91 Å². The molecule has 7 heteroatoms. The summed E-state index contributed by atoms with van der Waals surface area (Å²) in [5, 5.41) is 7.46. The number of hydrogen-bond acceptors (Lipinski definition) is 5. The summed E-state index contributed by atoms with van der Waals surface area (Å²) < 4.78 is 6.86. The highest BCUT2D eigenvalue weighted by Crippen LogP contribution is 2.27. The first-order valence-electron chi connectivity index (χ1n) is 9.68. The molecule has 2 aromatic carbocycles. The highest BCUT2D eigenvalue weighted by atomic mass is 16.5. The fraction of sp³-hybridized carbons (Fsp3) is 0.273. The molecule has 0 atom stereocenters. The largest absolute Gasteiger partial charge is 0.497 e. The second-order valence-electron chi connectivity index (χ2n) is 7.11. The molecule has 150 valence electrons. The summed E-state index contributed by atoms with van der Waals surface area (Å²) in [6.45, 7) is 3.90. The summed E-state index contributed by atoms with van der Waals surface area (Å²) in [5.74, 6) is 0.554. The van der Waals surface area contributed by atoms with Gasteiger partial charge in [-0.05, 0) is 49.5 Å². The minimum absolute atomic E-state index is 0.223. The van der Waals surface area contributed by atoms with E-state index in [2.05, 4.69) is 33.3 Å². The number of rotatable bonds is 5. The van der Waals surface area contributed by atoms with Crippen molar-refractivity contribution in [3.05, 3.63) is 66.5 Å². The Morgan fingerprint density at radius 2 is 1.72 bits per heavy atom. The number of para-hydroxylation sites is 2. The third kappa shape index (κ3) is 4.25. The number of benzene rings is 2. The Bertz CT molecular complexity index is 975. The third-order valence-corrected chi connectivity index (χ3v) is 5.15. The van der Waals surface area contributed by atoms with Crippen molar-refractivity contribution in [1.82, 2.24) is 14.7 Å². The van der Waals surface area contributed by atoms with Crippen molar-refractivity contribution < 1.29 is 9.53 Å². The lowest BCUT2D eigenvalue weighted by molar-refractivity contribution is 0.102. The van der Waals surface area contributed by atoms with Crippen molar-refractivity contribution in [3.63, 3.8) is 0 Å². The molecule has 3 aromatic rings. The smallest absolute Gasteiger partial charge is 0.276 e. The van der Waals surface area contributed by atoms with Gasteiger partial charge in [0.15, 0.2) is 5.69 Å². The molecule has 0 radical (unpaired) electrons. The van der Waals surface area contributed by atoms with E-state index >= 15 is 0 Å². The first kappa shape index (κ1) is 19.0. The van der Waals surface area contributed by atoms with Crippen molar-refractivity contribution >= 4 is 17.3 Å². The van der Waals surface area contributed by atoms with Crippen LogP contribution in [0.25, 0.3) is 5.69 Å². The van der Waals surface area contributed by atoms with Gasteiger partial charge in [-0.2, -0.15) is 5.10 Å². The van der Waals surface area contributed by atoms with Gasteiger partial charge < -0.3 is 19.9 Å². The number of carbonyl (C=O) groups is 1. The molecular formula is C22H25N5O2. The maximum absolute atomic E-state index is 12.8. The van der Waals surface area contributed by atoms with Crippen LogP contribution in [0.3, 0.4) is 0 Å². The van der Waals surface area contributed by atoms with Crippen molar-refractivity contribution in [3.8, 4) is 11.4 Å². The minimum atomic E-state index is -0.223. The third-order valence-electron chi connectivity index (χ3n) is 5.15. The monoisotopic (exact) mass is 391 g/mol. The molecule has 7 nitrogen and oxygen atoms in total. The highest BCUT2D eigenvalue weighted by molar-refractivity contribution is 6.04. The number of amides is 1. The maximum atomic E-state index is 12.8. The summed E-state index contributed by atoms with van der Waals surface area (Å²) >= 11 is 0. The Labute approximate surface area is 170 Å². The Morgan fingerprint density at radius 1 is 1.00 bits per heavy atom. The predicted molar refractivity (Wildman–Crippen MR) is 114 cm³/mol. The Kier molecular flexibility index (Phi) is 5.48. The molecule has 1 aliphatic rings. The van der Waals surface area contributed by atoms with Gasteiger partial charge in [0.1, 0.15) is 5.75 Å². The Morgan fingerprint density at radius 3 is 2.45 bits per heavy atom. The maximum Gasteiger partial charge on any atom is 0.276 e. The summed E-state index contributed by atoms with van der Waals surface area (Å²) in [7, 11) is 3.76. The lowest BCUT2D eigenvalue weighted by Gasteiger charge is -2.35. The van der Waals surface area contributed by atoms with Crippen LogP contribution in [0.4, 0.5) is 11.4 Å². The summed E-state index contributed by atoms with van der Waals surface area (Å²) in [4.78, 5) is 17.4. The van der Waals surface area contributed by atoms with Gasteiger partial charge in [0.2, 0.25) is 0 Å². The molecule has 1 aliphatic heterocycles. The van der Waals surface area contributed by atoms with Crippen LogP contribution in [-0.4, -0.2) is 60.9 Å². The number of nitrogens with one attached hydrogen (secondary N) is 1. The van der Waals surface area contributed by atoms with E-state index in [-0.39, 0.29) is 5.91 Å². The van der Waals surface area contributed by atoms with Gasteiger partial charge in [-0.25, -0.2) is 4.68 Å². The predicted octanol–water partition coefficient (Wildman–Crippen LogP) is 2.89. The number of piperazine rings is 1. The zero-order valence-electron chi connectivity index (χ0n) is 16.7. The number of likely N-dealkylation sites (N-methyl/N-ethyl adjacent to an activating group) is 1. The second kappa shape index (κ2) is 8.36. The Hall–Kier alpha value is -3.32. The average molecular weight is 391 g/mol. The number of methoxy groups -OCH3 is 1. The van der Waals surface area contributed by atoms with Gasteiger partial charge in [0, 0.05) is 32.4 Å². The lowest BCUT2D eigenvalue weighted by atomic mass is 10.2. The van der Waals surface area contributed by atoms with Crippen molar-refractivity contribution in [1.29, 1.82) is 0 Å². The van der Waals surface area contributed by atoms with E-state index in [9.17, 15) is 4.79 Å². The molecular weight excluding hydrogens is 366 g/mol. The van der Waals surface area contributed by atoms with E-state index < -0.39 is 0 Å². The van der Waals surface area contributed by atoms with Crippen molar-refractivity contribution in [2.45, 2.75) is 0 Å². The summed E-state index contributed by atoms with van der Waals surface area (Å²) in [6, 6.07) is 17.2. The van der Waals surface area contributed by atoms with Crippen LogP contribution in [0.5, 0.6) is 5.75 Å². The molecule has 0 bridgehead atoms. The number of nitrogens with zero attached hydrogens (tertiary/aromatic N) is 4. The fourth-order valence-corrected chi connectivity index (χ4v) is 3.41. The van der Waals surface area contributed by atoms with E-state index in [0.717, 1.165) is 49.0 Å². The van der Waals surface area contributed by atoms with Crippen LogP contribution >= 0.6 is 0 Å². The SMILES string of the molecule is COc1ccc(-n2ccc(C(=O)Nc3ccccc3N3CCN(C)CC3)n2)cc1. The number of carbonyl (C=O) groups excluding carboxylic acids is 1. The number of anilines is 2. The number of hydrogen-bond donors (Lipinski definition) is 1. The van der Waals surface area contributed by atoms with Crippen LogP contribution in [0, 0.1) is 0 Å². The summed E-state index contributed by atoms with van der Waals surface area (Å²) in [6.07, 6.45) is 1.78. The minimum Gasteiger partial charge on any atom is -0.497 e. The molecule has 4 rings (SSSR count). The van der Waals surface area contributed by atoms with E-state index in [1.165, 1.54) is 0 Å². The summed E-state index contributed by atoms with van der Waals surface area (Å²) in [5.41, 5.74) is 3.08. The Balaban J connectivity index is 1.49. The van der Waals surface area contributed by atoms with E-state index in [1.54, 1.807) is 24.1 Å². The van der Waals surface area contributed by atoms with E-state index in [4.69, 9.17) is 4.74 Å². The van der Waals surface area contributed by atoms with Gasteiger partial charge in [-0.3, -0.25) is 4.79 Å². The van der Waals surface area contributed by atoms with Gasteiger partial charge in [-0.15, -0.1) is 0 Å². The molecule has 1 fully saturated rings. The molecule has 1 amide bonds. The van der Waals surface area contributed by atoms with Crippen LogP contribution in [0.2, 0.25) is 0 Å². The highest BCUT2D eigenvalue weighted by Gasteiger charge is 2.19. The average Bonchev–Trinajstić information content (AvgIpc) is 3.25. The number of aromatic nitrogens is 2. The van der Waals surface area contributed by atoms with E-state index in [1.807, 2.05) is 42.5 Å². The van der Waals surface area contributed by atoms with Crippen LogP contribution in [-0.2, 0) is 0 Å². The molecule has 29 heavy (non-hydrogen) atoms. The van der Waals surface area contributed by atoms with Crippen LogP contribution < -0.4 is 15.0 Å². The van der Waals surface area contributed by atoms with E-state index in [0.29, 0.717) is 5.69 Å². The van der Waals surface area contributed by atoms with Gasteiger partial charge in [0.05, 0.1) is 24.2 Å². The van der Waals surface area contributed by atoms with Crippen LogP contribution in [0.1, 0.15) is 10.5 Å². The van der Waals surface area contributed by atoms with Crippen molar-refractivity contribution in [2.24, 2.45) is 0 Å². The molecule has 1 N–H and O–H groups in total. The fourth-order valence-electron chi connectivity index (χ4n) is 3.41. The van der Waals surface area contributed by atoms with Crippen LogP contribution in [0.15, 0.2) is 60.8 Å². The normalized spacial score (nSPS) is 14.6. The molecule has 1 saturated heterocycles. The first-order valence-corrected chi connectivity index (χ1v) is 9.68. The molecule has 0 spiro atoms. The zero-order chi connectivity index (χ0) is 20.2. The van der Waals surface area contributed by atoms with Gasteiger partial charge in [-0.1, -0.05) is 12.1 Å². The second-order valence-corrected chi connectivity index (χ2v) is 7.11. The number of ether oxygens (including phenoxy) is 1.